The van der Waals surface area contributed by atoms with E-state index in [9.17, 15) is 14.3 Å². The van der Waals surface area contributed by atoms with Crippen LogP contribution in [0.4, 0.5) is 0 Å². The Morgan fingerprint density at radius 2 is 1.64 bits per heavy atom. The van der Waals surface area contributed by atoms with E-state index in [-0.39, 0.29) is 0 Å². The average molecular weight is 226 g/mol. The molecule has 0 amide bonds. The minimum atomic E-state index is -3.39. The van der Waals surface area contributed by atoms with E-state index in [1.54, 1.807) is 0 Å². The monoisotopic (exact) mass is 226 g/mol. The van der Waals surface area contributed by atoms with Gasteiger partial charge in [-0.1, -0.05) is 4.57 Å². The minimum Gasteiger partial charge on any atom is -0.595 e. The molecule has 0 spiro atoms. The highest BCUT2D eigenvalue weighted by Gasteiger charge is 2.51. The van der Waals surface area contributed by atoms with Gasteiger partial charge in [-0.05, 0) is 0 Å². The molecule has 0 aromatic carbocycles. The van der Waals surface area contributed by atoms with E-state index >= 15 is 0 Å². The van der Waals surface area contributed by atoms with Crippen molar-refractivity contribution < 1.29 is 34.7 Å². The molecule has 2 atom stereocenters. The summed E-state index contributed by atoms with van der Waals surface area (Å²) < 4.78 is 10.6. The highest BCUT2D eigenvalue weighted by atomic mass is 31.1. The number of carboxylic acid groups (broad SMARTS) is 1. The number of rotatable bonds is 6. The normalized spacial score (nSPS) is 15.0. The van der Waals surface area contributed by atoms with Crippen LogP contribution in [-0.2, 0) is 9.36 Å². The molecular formula is C6H11O7P. The molecule has 0 heterocycles. The number of carbonyl (C=O) groups is 1. The summed E-state index contributed by atoms with van der Waals surface area (Å²) in [6.07, 6.45) is 0. The van der Waals surface area contributed by atoms with Gasteiger partial charge in [0.1, 0.15) is 0 Å². The lowest BCUT2D eigenvalue weighted by Crippen LogP contribution is -2.48. The van der Waals surface area contributed by atoms with E-state index < -0.39 is 44.9 Å². The van der Waals surface area contributed by atoms with Crippen molar-refractivity contribution in [1.29, 1.82) is 0 Å². The largest absolute Gasteiger partial charge is 0.595 e. The Balaban J connectivity index is 5.10. The molecule has 2 unspecified atom stereocenters. The molecule has 0 bridgehead atoms. The van der Waals surface area contributed by atoms with Crippen molar-refractivity contribution in [2.24, 2.45) is 5.41 Å². The van der Waals surface area contributed by atoms with Crippen LogP contribution < -0.4 is 4.89 Å². The van der Waals surface area contributed by atoms with Crippen LogP contribution in [0.15, 0.2) is 0 Å². The van der Waals surface area contributed by atoms with E-state index in [1.807, 2.05) is 0 Å². The van der Waals surface area contributed by atoms with Crippen molar-refractivity contribution in [3.8, 4) is 0 Å². The highest BCUT2D eigenvalue weighted by molar-refractivity contribution is 7.38. The molecule has 4 N–H and O–H groups in total. The second-order valence-corrected chi connectivity index (χ2v) is 3.95. The molecule has 0 saturated heterocycles. The molecule has 8 heteroatoms. The van der Waals surface area contributed by atoms with Gasteiger partial charge in [-0.2, -0.15) is 0 Å². The topological polar surface area (TPSA) is 138 Å². The molecule has 0 fully saturated rings. The molecule has 14 heavy (non-hydrogen) atoms. The Hall–Kier alpha value is -0.590. The van der Waals surface area contributed by atoms with Gasteiger partial charge < -0.3 is 25.3 Å². The van der Waals surface area contributed by atoms with Crippen LogP contribution in [0.5, 0.6) is 0 Å². The predicted octanol–water partition coefficient (Wildman–Crippen LogP) is -2.49. The third kappa shape index (κ3) is 2.46. The molecular weight excluding hydrogens is 215 g/mol. The fourth-order valence-electron chi connectivity index (χ4n) is 0.985. The Morgan fingerprint density at radius 3 is 1.71 bits per heavy atom. The van der Waals surface area contributed by atoms with E-state index in [2.05, 4.69) is 0 Å². The van der Waals surface area contributed by atoms with Crippen molar-refractivity contribution in [3.63, 3.8) is 0 Å². The van der Waals surface area contributed by atoms with Crippen molar-refractivity contribution in [1.82, 2.24) is 0 Å². The average Bonchev–Trinajstić information content (AvgIpc) is 2.12. The fourth-order valence-corrected chi connectivity index (χ4v) is 1.86. The fraction of sp³-hybridized carbons (Fsp3) is 0.833. The summed E-state index contributed by atoms with van der Waals surface area (Å²) in [4.78, 5) is 21.1. The number of hydrogen-bond donors (Lipinski definition) is 4. The molecule has 0 aliphatic heterocycles. The number of aliphatic hydroxyl groups is 3. The number of aliphatic carboxylic acids is 1. The lowest BCUT2D eigenvalue weighted by atomic mass is 9.87. The van der Waals surface area contributed by atoms with Crippen molar-refractivity contribution in [2.75, 3.05) is 19.8 Å². The molecule has 0 aliphatic rings. The third-order valence-electron chi connectivity index (χ3n) is 1.97. The molecule has 0 radical (unpaired) electrons. The van der Waals surface area contributed by atoms with Gasteiger partial charge >= 0.3 is 14.0 Å². The minimum absolute atomic E-state index is 0.930. The lowest BCUT2D eigenvalue weighted by Gasteiger charge is -2.27. The second kappa shape index (κ2) is 5.33. The maximum Gasteiger partial charge on any atom is 0.356 e. The van der Waals surface area contributed by atoms with Gasteiger partial charge in [-0.25, -0.2) is 4.79 Å². The first-order chi connectivity index (χ1) is 6.45. The Bertz CT molecular complexity index is 202. The Labute approximate surface area is 80.5 Å². The molecule has 0 rings (SSSR count). The molecule has 0 aromatic heterocycles. The van der Waals surface area contributed by atoms with Crippen LogP contribution >= 0.6 is 8.03 Å². The van der Waals surface area contributed by atoms with Gasteiger partial charge in [0.15, 0.2) is 0 Å². The van der Waals surface area contributed by atoms with Gasteiger partial charge in [0.2, 0.25) is 0 Å². The third-order valence-corrected chi connectivity index (χ3v) is 3.16. The summed E-state index contributed by atoms with van der Waals surface area (Å²) in [5.41, 5.74) is -3.95. The van der Waals surface area contributed by atoms with Crippen LogP contribution in [0, 0.1) is 5.41 Å². The van der Waals surface area contributed by atoms with Crippen molar-refractivity contribution >= 4 is 14.0 Å². The summed E-state index contributed by atoms with van der Waals surface area (Å²) >= 11 is 0. The molecule has 82 valence electrons. The highest BCUT2D eigenvalue weighted by Crippen LogP contribution is 2.35. The van der Waals surface area contributed by atoms with Gasteiger partial charge in [0, 0.05) is 0 Å². The number of hydrogen-bond acceptors (Lipinski definition) is 6. The summed E-state index contributed by atoms with van der Waals surface area (Å²) in [6.45, 7) is -2.79. The number of aliphatic hydroxyl groups excluding tert-OH is 3. The maximum absolute atomic E-state index is 10.6. The smallest absolute Gasteiger partial charge is 0.356 e. The first kappa shape index (κ1) is 13.4. The quantitative estimate of drug-likeness (QED) is 0.367. The SMILES string of the molecule is O=C(O)C([P+](=O)[O-])C(CO)(CO)CO. The second-order valence-electron chi connectivity index (χ2n) is 2.86. The molecule has 0 aliphatic carbocycles. The zero-order chi connectivity index (χ0) is 11.4. The summed E-state index contributed by atoms with van der Waals surface area (Å²) in [6, 6.07) is 0. The van der Waals surface area contributed by atoms with Crippen LogP contribution in [0.3, 0.4) is 0 Å². The van der Waals surface area contributed by atoms with Gasteiger partial charge in [-0.15, -0.1) is 0 Å². The van der Waals surface area contributed by atoms with Gasteiger partial charge in [0.25, 0.3) is 5.66 Å². The van der Waals surface area contributed by atoms with E-state index in [0.717, 1.165) is 0 Å². The van der Waals surface area contributed by atoms with Gasteiger partial charge in [0.05, 0.1) is 25.2 Å². The van der Waals surface area contributed by atoms with E-state index in [1.165, 1.54) is 0 Å². The summed E-state index contributed by atoms with van der Waals surface area (Å²) in [5, 5.41) is 34.9. The zero-order valence-electron chi connectivity index (χ0n) is 7.16. The zero-order valence-corrected chi connectivity index (χ0v) is 8.05. The van der Waals surface area contributed by atoms with Crippen molar-refractivity contribution in [2.45, 2.75) is 5.66 Å². The lowest BCUT2D eigenvalue weighted by molar-refractivity contribution is -0.175. The van der Waals surface area contributed by atoms with Crippen LogP contribution in [-0.4, -0.2) is 51.9 Å². The predicted molar refractivity (Wildman–Crippen MR) is 42.7 cm³/mol. The molecule has 7 nitrogen and oxygen atoms in total. The molecule has 0 saturated carbocycles. The summed E-state index contributed by atoms with van der Waals surface area (Å²) in [5.74, 6) is -1.71. The van der Waals surface area contributed by atoms with Crippen molar-refractivity contribution in [3.05, 3.63) is 0 Å². The maximum atomic E-state index is 10.6. The first-order valence-corrected chi connectivity index (χ1v) is 4.88. The standard InChI is InChI=1S/C6H11O7P/c7-1-6(2-8,3-9)4(5(10)11)14(12)13/h4,7-9H,1-3H2,(H,10,11). The van der Waals surface area contributed by atoms with Gasteiger partial charge in [-0.3, -0.25) is 0 Å². The van der Waals surface area contributed by atoms with E-state index in [4.69, 9.17) is 20.4 Å². The van der Waals surface area contributed by atoms with Crippen LogP contribution in [0.2, 0.25) is 0 Å². The summed E-state index contributed by atoms with van der Waals surface area (Å²) in [7, 11) is -3.39. The van der Waals surface area contributed by atoms with E-state index in [0.29, 0.717) is 0 Å². The number of carboxylic acids is 1. The Kier molecular flexibility index (Phi) is 5.11. The first-order valence-electron chi connectivity index (χ1n) is 3.64. The van der Waals surface area contributed by atoms with Crippen LogP contribution in [0.25, 0.3) is 0 Å². The molecule has 0 aromatic rings. The van der Waals surface area contributed by atoms with Crippen LogP contribution in [0.1, 0.15) is 0 Å². The Morgan fingerprint density at radius 1 is 1.29 bits per heavy atom.